The molecule has 0 aliphatic carbocycles. The lowest BCUT2D eigenvalue weighted by Gasteiger charge is -2.29. The molecular formula is C23H24ClN5O. The summed E-state index contributed by atoms with van der Waals surface area (Å²) >= 11 is 6.25. The maximum atomic E-state index is 11.2. The molecule has 0 atom stereocenters. The average Bonchev–Trinajstić information content (AvgIpc) is 2.77. The van der Waals surface area contributed by atoms with Crippen LogP contribution < -0.4 is 10.6 Å². The van der Waals surface area contributed by atoms with E-state index in [1.807, 2.05) is 6.07 Å². The number of hydrogen-bond acceptors (Lipinski definition) is 6. The Morgan fingerprint density at radius 2 is 1.80 bits per heavy atom. The normalized spacial score (nSPS) is 15.0. The first-order valence-electron chi connectivity index (χ1n) is 10.0. The Labute approximate surface area is 181 Å². The van der Waals surface area contributed by atoms with E-state index in [0.717, 1.165) is 25.1 Å². The first-order valence-corrected chi connectivity index (χ1v) is 10.4. The molecule has 7 heteroatoms. The highest BCUT2D eigenvalue weighted by Crippen LogP contribution is 2.29. The number of rotatable bonds is 6. The molecule has 1 aliphatic rings. The monoisotopic (exact) mass is 421 g/mol. The van der Waals surface area contributed by atoms with Crippen LogP contribution in [-0.2, 0) is 0 Å². The minimum atomic E-state index is 0.374. The van der Waals surface area contributed by atoms with Crippen molar-refractivity contribution >= 4 is 41.0 Å². The molecule has 0 unspecified atom stereocenters. The molecule has 0 amide bonds. The maximum absolute atomic E-state index is 11.2. The zero-order valence-electron chi connectivity index (χ0n) is 16.8. The van der Waals surface area contributed by atoms with E-state index in [4.69, 9.17) is 11.6 Å². The van der Waals surface area contributed by atoms with Crippen molar-refractivity contribution < 1.29 is 4.79 Å². The number of para-hydroxylation sites is 1. The van der Waals surface area contributed by atoms with Crippen LogP contribution in [0.1, 0.15) is 34.7 Å². The Hall–Kier alpha value is -2.96. The van der Waals surface area contributed by atoms with Crippen LogP contribution in [0.3, 0.4) is 0 Å². The van der Waals surface area contributed by atoms with E-state index in [2.05, 4.69) is 56.8 Å². The zero-order chi connectivity index (χ0) is 20.9. The highest BCUT2D eigenvalue weighted by atomic mass is 35.5. The van der Waals surface area contributed by atoms with Crippen molar-refractivity contribution in [1.82, 2.24) is 14.9 Å². The molecule has 0 bridgehead atoms. The third-order valence-electron chi connectivity index (χ3n) is 5.44. The van der Waals surface area contributed by atoms with Gasteiger partial charge in [-0.3, -0.25) is 4.79 Å². The number of nitrogens with zero attached hydrogens (tertiary/aromatic N) is 3. The Morgan fingerprint density at radius 3 is 2.53 bits per heavy atom. The van der Waals surface area contributed by atoms with E-state index >= 15 is 0 Å². The molecule has 1 aromatic heterocycles. The number of halogens is 1. The van der Waals surface area contributed by atoms with Crippen molar-refractivity contribution in [2.45, 2.75) is 18.8 Å². The number of hydrogen-bond donors (Lipinski definition) is 2. The molecule has 30 heavy (non-hydrogen) atoms. The largest absolute Gasteiger partial charge is 0.338 e. The molecule has 2 heterocycles. The number of anilines is 4. The summed E-state index contributed by atoms with van der Waals surface area (Å²) < 4.78 is 0. The van der Waals surface area contributed by atoms with Gasteiger partial charge in [-0.15, -0.1) is 0 Å². The predicted octanol–water partition coefficient (Wildman–Crippen LogP) is 5.24. The van der Waals surface area contributed by atoms with Gasteiger partial charge in [0.1, 0.15) is 5.02 Å². The quantitative estimate of drug-likeness (QED) is 0.530. The Bertz CT molecular complexity index is 1020. The maximum Gasteiger partial charge on any atom is 0.229 e. The van der Waals surface area contributed by atoms with Gasteiger partial charge in [0, 0.05) is 11.3 Å². The Kier molecular flexibility index (Phi) is 6.26. The lowest BCUT2D eigenvalue weighted by molar-refractivity contribution is 0.112. The molecule has 1 aliphatic heterocycles. The fourth-order valence-electron chi connectivity index (χ4n) is 3.67. The van der Waals surface area contributed by atoms with Gasteiger partial charge < -0.3 is 15.5 Å². The summed E-state index contributed by atoms with van der Waals surface area (Å²) in [6.07, 6.45) is 4.72. The van der Waals surface area contributed by atoms with Crippen molar-refractivity contribution in [2.24, 2.45) is 0 Å². The molecule has 1 fully saturated rings. The molecule has 4 rings (SSSR count). The van der Waals surface area contributed by atoms with E-state index in [1.165, 1.54) is 24.6 Å². The number of benzene rings is 2. The lowest BCUT2D eigenvalue weighted by atomic mass is 9.89. The molecule has 6 nitrogen and oxygen atoms in total. The summed E-state index contributed by atoms with van der Waals surface area (Å²) in [5.74, 6) is 1.49. The van der Waals surface area contributed by atoms with Gasteiger partial charge in [-0.1, -0.05) is 35.9 Å². The number of piperidine rings is 1. The number of carbonyl (C=O) groups is 1. The fourth-order valence-corrected chi connectivity index (χ4v) is 3.80. The van der Waals surface area contributed by atoms with Crippen LogP contribution in [0.5, 0.6) is 0 Å². The summed E-state index contributed by atoms with van der Waals surface area (Å²) in [5, 5.41) is 6.71. The Balaban J connectivity index is 1.47. The van der Waals surface area contributed by atoms with Gasteiger partial charge in [-0.05, 0) is 68.7 Å². The lowest BCUT2D eigenvalue weighted by Crippen LogP contribution is -2.29. The Morgan fingerprint density at radius 1 is 1.07 bits per heavy atom. The topological polar surface area (TPSA) is 70.2 Å². The predicted molar refractivity (Wildman–Crippen MR) is 121 cm³/mol. The van der Waals surface area contributed by atoms with Crippen LogP contribution >= 0.6 is 11.6 Å². The van der Waals surface area contributed by atoms with Crippen LogP contribution in [-0.4, -0.2) is 41.3 Å². The molecule has 0 radical (unpaired) electrons. The molecule has 0 saturated carbocycles. The van der Waals surface area contributed by atoms with Crippen molar-refractivity contribution in [3.63, 3.8) is 0 Å². The molecule has 154 valence electrons. The molecule has 2 N–H and O–H groups in total. The van der Waals surface area contributed by atoms with Crippen LogP contribution in [0.2, 0.25) is 5.02 Å². The standard InChI is InChI=1S/C23H24ClN5O/c1-29-12-10-17(11-13-29)16-6-8-19(9-7-16)26-23-25-14-20(24)22(28-23)27-21-5-3-2-4-18(21)15-30/h2-9,14-15,17H,10-13H2,1H3,(H2,25,26,27,28). The molecule has 1 saturated heterocycles. The number of aldehydes is 1. The SMILES string of the molecule is CN1CCC(c2ccc(Nc3ncc(Cl)c(Nc4ccccc4C=O)n3)cc2)CC1. The van der Waals surface area contributed by atoms with Crippen molar-refractivity contribution in [1.29, 1.82) is 0 Å². The summed E-state index contributed by atoms with van der Waals surface area (Å²) in [6.45, 7) is 2.29. The summed E-state index contributed by atoms with van der Waals surface area (Å²) in [7, 11) is 2.18. The number of aromatic nitrogens is 2. The van der Waals surface area contributed by atoms with Crippen molar-refractivity contribution in [3.8, 4) is 0 Å². The van der Waals surface area contributed by atoms with Gasteiger partial charge in [-0.25, -0.2) is 4.98 Å². The second-order valence-electron chi connectivity index (χ2n) is 7.54. The van der Waals surface area contributed by atoms with Crippen LogP contribution in [0.4, 0.5) is 23.1 Å². The first-order chi connectivity index (χ1) is 14.6. The second kappa shape index (κ2) is 9.24. The fraction of sp³-hybridized carbons (Fsp3) is 0.261. The highest BCUT2D eigenvalue weighted by Gasteiger charge is 2.18. The smallest absolute Gasteiger partial charge is 0.229 e. The van der Waals surface area contributed by atoms with E-state index in [9.17, 15) is 4.79 Å². The van der Waals surface area contributed by atoms with Gasteiger partial charge >= 0.3 is 0 Å². The third kappa shape index (κ3) is 4.78. The van der Waals surface area contributed by atoms with Gasteiger partial charge in [-0.2, -0.15) is 4.98 Å². The highest BCUT2D eigenvalue weighted by molar-refractivity contribution is 6.33. The minimum Gasteiger partial charge on any atom is -0.338 e. The first kappa shape index (κ1) is 20.3. The third-order valence-corrected chi connectivity index (χ3v) is 5.72. The second-order valence-corrected chi connectivity index (χ2v) is 7.95. The van der Waals surface area contributed by atoms with E-state index in [0.29, 0.717) is 34.0 Å². The average molecular weight is 422 g/mol. The number of likely N-dealkylation sites (tertiary alicyclic amines) is 1. The molecule has 3 aromatic rings. The van der Waals surface area contributed by atoms with Crippen LogP contribution in [0.25, 0.3) is 0 Å². The summed E-state index contributed by atoms with van der Waals surface area (Å²) in [4.78, 5) is 22.4. The van der Waals surface area contributed by atoms with E-state index in [-0.39, 0.29) is 0 Å². The van der Waals surface area contributed by atoms with Crippen molar-refractivity contribution in [3.05, 3.63) is 70.9 Å². The van der Waals surface area contributed by atoms with Crippen LogP contribution in [0, 0.1) is 0 Å². The summed E-state index contributed by atoms with van der Waals surface area (Å²) in [6, 6.07) is 15.6. The van der Waals surface area contributed by atoms with Crippen LogP contribution in [0.15, 0.2) is 54.7 Å². The van der Waals surface area contributed by atoms with Gasteiger partial charge in [0.25, 0.3) is 0 Å². The zero-order valence-corrected chi connectivity index (χ0v) is 17.6. The number of nitrogens with one attached hydrogen (secondary N) is 2. The van der Waals surface area contributed by atoms with Crippen molar-refractivity contribution in [2.75, 3.05) is 30.8 Å². The molecule has 0 spiro atoms. The van der Waals surface area contributed by atoms with Gasteiger partial charge in [0.2, 0.25) is 5.95 Å². The minimum absolute atomic E-state index is 0.374. The van der Waals surface area contributed by atoms with Gasteiger partial charge in [0.05, 0.1) is 11.9 Å². The number of carbonyl (C=O) groups excluding carboxylic acids is 1. The van der Waals surface area contributed by atoms with E-state index in [1.54, 1.807) is 18.2 Å². The summed E-state index contributed by atoms with van der Waals surface area (Å²) in [5.41, 5.74) is 3.46. The van der Waals surface area contributed by atoms with E-state index < -0.39 is 0 Å². The molecular weight excluding hydrogens is 398 g/mol. The molecule has 2 aromatic carbocycles. The van der Waals surface area contributed by atoms with Gasteiger partial charge in [0.15, 0.2) is 12.1 Å².